The van der Waals surface area contributed by atoms with E-state index in [9.17, 15) is 5.11 Å². The van der Waals surface area contributed by atoms with Gasteiger partial charge in [0, 0.05) is 18.5 Å². The van der Waals surface area contributed by atoms with Crippen molar-refractivity contribution in [1.82, 2.24) is 4.90 Å². The number of benzene rings is 2. The van der Waals surface area contributed by atoms with Gasteiger partial charge in [0.05, 0.1) is 6.61 Å². The summed E-state index contributed by atoms with van der Waals surface area (Å²) in [5.41, 5.74) is 4.10. The smallest absolute Gasteiger partial charge is 0.0502 e. The lowest BCUT2D eigenvalue weighted by Gasteiger charge is -2.42. The van der Waals surface area contributed by atoms with Gasteiger partial charge in [0.15, 0.2) is 0 Å². The summed E-state index contributed by atoms with van der Waals surface area (Å²) in [6, 6.07) is 19.2. The van der Waals surface area contributed by atoms with E-state index in [0.717, 1.165) is 32.5 Å². The van der Waals surface area contributed by atoms with Crippen molar-refractivity contribution < 1.29 is 5.11 Å². The monoisotopic (exact) mass is 309 g/mol. The van der Waals surface area contributed by atoms with Gasteiger partial charge >= 0.3 is 0 Å². The quantitative estimate of drug-likeness (QED) is 0.908. The molecule has 0 saturated carbocycles. The van der Waals surface area contributed by atoms with Crippen molar-refractivity contribution in [2.24, 2.45) is 5.41 Å². The zero-order chi connectivity index (χ0) is 16.1. The Morgan fingerprint density at radius 3 is 2.52 bits per heavy atom. The number of nitrogens with zero attached hydrogens (tertiary/aromatic N) is 1. The minimum atomic E-state index is 0.00227. The van der Waals surface area contributed by atoms with Crippen LogP contribution in [-0.4, -0.2) is 29.7 Å². The van der Waals surface area contributed by atoms with Gasteiger partial charge in [0.1, 0.15) is 0 Å². The zero-order valence-electron chi connectivity index (χ0n) is 14.0. The molecule has 1 aliphatic rings. The second kappa shape index (κ2) is 7.29. The second-order valence-electron chi connectivity index (χ2n) is 7.06. The molecule has 0 spiro atoms. The lowest BCUT2D eigenvalue weighted by molar-refractivity contribution is 0.0288. The van der Waals surface area contributed by atoms with Crippen LogP contribution in [0.15, 0.2) is 54.6 Å². The molecule has 2 aromatic rings. The molecule has 1 N–H and O–H groups in total. The summed E-state index contributed by atoms with van der Waals surface area (Å²) in [6.45, 7) is 5.55. The molecular weight excluding hydrogens is 282 g/mol. The normalized spacial score (nSPS) is 22.2. The van der Waals surface area contributed by atoms with Crippen LogP contribution in [-0.2, 0) is 13.0 Å². The number of rotatable bonds is 5. The topological polar surface area (TPSA) is 23.5 Å². The van der Waals surface area contributed by atoms with Gasteiger partial charge in [-0.2, -0.15) is 0 Å². The summed E-state index contributed by atoms with van der Waals surface area (Å²) in [6.07, 6.45) is 3.25. The van der Waals surface area contributed by atoms with Crippen molar-refractivity contribution >= 4 is 0 Å². The van der Waals surface area contributed by atoms with E-state index in [1.807, 2.05) is 0 Å². The molecule has 0 bridgehead atoms. The van der Waals surface area contributed by atoms with Crippen molar-refractivity contribution in [2.75, 3.05) is 19.7 Å². The average molecular weight is 309 g/mol. The number of piperidine rings is 1. The molecule has 122 valence electrons. The Labute approximate surface area is 139 Å². The first-order valence-corrected chi connectivity index (χ1v) is 8.62. The molecule has 1 atom stereocenters. The molecule has 1 fully saturated rings. The fraction of sp³-hybridized carbons (Fsp3) is 0.429. The first-order valence-electron chi connectivity index (χ1n) is 8.62. The largest absolute Gasteiger partial charge is 0.396 e. The van der Waals surface area contributed by atoms with E-state index in [-0.39, 0.29) is 12.0 Å². The van der Waals surface area contributed by atoms with Crippen molar-refractivity contribution in [3.63, 3.8) is 0 Å². The first-order chi connectivity index (χ1) is 11.2. The molecule has 23 heavy (non-hydrogen) atoms. The summed E-state index contributed by atoms with van der Waals surface area (Å²) in [4.78, 5) is 2.52. The lowest BCUT2D eigenvalue weighted by atomic mass is 9.75. The average Bonchev–Trinajstić information content (AvgIpc) is 2.58. The highest BCUT2D eigenvalue weighted by atomic mass is 16.3. The van der Waals surface area contributed by atoms with Crippen LogP contribution in [0.2, 0.25) is 0 Å². The molecule has 2 nitrogen and oxygen atoms in total. The zero-order valence-corrected chi connectivity index (χ0v) is 14.0. The molecular formula is C21H27NO. The highest BCUT2D eigenvalue weighted by Crippen LogP contribution is 2.34. The predicted octanol–water partition coefficient (Wildman–Crippen LogP) is 3.81. The van der Waals surface area contributed by atoms with Crippen LogP contribution in [0.5, 0.6) is 0 Å². The van der Waals surface area contributed by atoms with Crippen LogP contribution in [0.4, 0.5) is 0 Å². The van der Waals surface area contributed by atoms with Gasteiger partial charge in [0.25, 0.3) is 0 Å². The van der Waals surface area contributed by atoms with Gasteiger partial charge in [0.2, 0.25) is 0 Å². The Morgan fingerprint density at radius 2 is 1.78 bits per heavy atom. The third kappa shape index (κ3) is 4.01. The van der Waals surface area contributed by atoms with Crippen LogP contribution < -0.4 is 0 Å². The Bertz CT molecular complexity index is 625. The van der Waals surface area contributed by atoms with E-state index in [0.29, 0.717) is 0 Å². The van der Waals surface area contributed by atoms with E-state index in [4.69, 9.17) is 0 Å². The van der Waals surface area contributed by atoms with E-state index < -0.39 is 0 Å². The van der Waals surface area contributed by atoms with Gasteiger partial charge in [-0.05, 0) is 49.4 Å². The predicted molar refractivity (Wildman–Crippen MR) is 95.4 cm³/mol. The van der Waals surface area contributed by atoms with Gasteiger partial charge < -0.3 is 5.11 Å². The Hall–Kier alpha value is -1.64. The van der Waals surface area contributed by atoms with Crippen molar-refractivity contribution in [3.8, 4) is 0 Å². The summed E-state index contributed by atoms with van der Waals surface area (Å²) in [5.74, 6) is 0. The fourth-order valence-electron chi connectivity index (χ4n) is 3.83. The van der Waals surface area contributed by atoms with E-state index in [1.165, 1.54) is 23.1 Å². The first kappa shape index (κ1) is 16.2. The van der Waals surface area contributed by atoms with Crippen molar-refractivity contribution in [3.05, 3.63) is 71.3 Å². The molecule has 0 radical (unpaired) electrons. The highest BCUT2D eigenvalue weighted by Gasteiger charge is 2.35. The van der Waals surface area contributed by atoms with Crippen molar-refractivity contribution in [2.45, 2.75) is 32.7 Å². The Balaban J connectivity index is 1.72. The molecule has 2 aromatic carbocycles. The summed E-state index contributed by atoms with van der Waals surface area (Å²) in [7, 11) is 0. The Kier molecular flexibility index (Phi) is 5.14. The number of hydrogen-bond donors (Lipinski definition) is 1. The summed E-state index contributed by atoms with van der Waals surface area (Å²) >= 11 is 0. The molecule has 0 unspecified atom stereocenters. The molecule has 3 rings (SSSR count). The molecule has 1 saturated heterocycles. The highest BCUT2D eigenvalue weighted by molar-refractivity contribution is 5.25. The van der Waals surface area contributed by atoms with Crippen molar-refractivity contribution in [1.29, 1.82) is 0 Å². The van der Waals surface area contributed by atoms with Gasteiger partial charge in [-0.25, -0.2) is 0 Å². The van der Waals surface area contributed by atoms with Gasteiger partial charge in [-0.15, -0.1) is 0 Å². The molecule has 0 aromatic heterocycles. The fourth-order valence-corrected chi connectivity index (χ4v) is 3.83. The van der Waals surface area contributed by atoms with Crippen LogP contribution >= 0.6 is 0 Å². The Morgan fingerprint density at radius 1 is 1.04 bits per heavy atom. The molecule has 1 aliphatic heterocycles. The molecule has 0 amide bonds. The van der Waals surface area contributed by atoms with Crippen LogP contribution in [0.1, 0.15) is 29.5 Å². The minimum Gasteiger partial charge on any atom is -0.396 e. The van der Waals surface area contributed by atoms with E-state index in [1.54, 1.807) is 0 Å². The summed E-state index contributed by atoms with van der Waals surface area (Å²) in [5, 5.41) is 10.1. The number of aliphatic hydroxyl groups excluding tert-OH is 1. The standard InChI is InChI=1S/C21H27NO/c1-18-8-5-6-11-20(18)15-22-13-7-12-21(16-22,17-23)14-19-9-3-2-4-10-19/h2-6,8-11,23H,7,12-17H2,1H3/t21-/m1/s1. The lowest BCUT2D eigenvalue weighted by Crippen LogP contribution is -2.46. The van der Waals surface area contributed by atoms with Crippen LogP contribution in [0.25, 0.3) is 0 Å². The van der Waals surface area contributed by atoms with Gasteiger partial charge in [-0.3, -0.25) is 4.90 Å². The van der Waals surface area contributed by atoms with Gasteiger partial charge in [-0.1, -0.05) is 54.6 Å². The minimum absolute atomic E-state index is 0.00227. The third-order valence-electron chi connectivity index (χ3n) is 5.15. The third-order valence-corrected chi connectivity index (χ3v) is 5.15. The van der Waals surface area contributed by atoms with E-state index in [2.05, 4.69) is 66.4 Å². The maximum absolute atomic E-state index is 10.1. The second-order valence-corrected chi connectivity index (χ2v) is 7.06. The number of likely N-dealkylation sites (tertiary alicyclic amines) is 1. The molecule has 0 aliphatic carbocycles. The van der Waals surface area contributed by atoms with Crippen LogP contribution in [0.3, 0.4) is 0 Å². The molecule has 1 heterocycles. The maximum atomic E-state index is 10.1. The number of hydrogen-bond acceptors (Lipinski definition) is 2. The van der Waals surface area contributed by atoms with E-state index >= 15 is 0 Å². The number of aryl methyl sites for hydroxylation is 1. The molecule has 2 heteroatoms. The number of aliphatic hydroxyl groups is 1. The SMILES string of the molecule is Cc1ccccc1CN1CCC[C@@](CO)(Cc2ccccc2)C1. The van der Waals surface area contributed by atoms with Crippen LogP contribution in [0, 0.1) is 12.3 Å². The summed E-state index contributed by atoms with van der Waals surface area (Å²) < 4.78 is 0. The maximum Gasteiger partial charge on any atom is 0.0502 e.